The highest BCUT2D eigenvalue weighted by Crippen LogP contribution is 2.30. The van der Waals surface area contributed by atoms with Crippen molar-refractivity contribution in [1.29, 1.82) is 0 Å². The van der Waals surface area contributed by atoms with Crippen molar-refractivity contribution >= 4 is 0 Å². The van der Waals surface area contributed by atoms with Gasteiger partial charge in [-0.25, -0.2) is 0 Å². The van der Waals surface area contributed by atoms with E-state index < -0.39 is 5.60 Å². The molecule has 2 N–H and O–H groups in total. The second-order valence-corrected chi connectivity index (χ2v) is 8.26. The van der Waals surface area contributed by atoms with Crippen LogP contribution >= 0.6 is 0 Å². The van der Waals surface area contributed by atoms with E-state index in [9.17, 15) is 5.11 Å². The summed E-state index contributed by atoms with van der Waals surface area (Å²) in [7, 11) is 5.32. The standard InChI is InChI=1S/C24H34N2O5/c1-25(15-19-4-7-21(29-2)8-5-19)17-24(28)10-11-26(18-24)16-20-6-9-22(31-13-12-27)23(14-20)30-3/h4-9,14,27-28H,10-13,15-18H2,1-3H3. The van der Waals surface area contributed by atoms with Gasteiger partial charge in [0.05, 0.1) is 26.4 Å². The Labute approximate surface area is 184 Å². The largest absolute Gasteiger partial charge is 0.497 e. The summed E-state index contributed by atoms with van der Waals surface area (Å²) < 4.78 is 16.1. The number of methoxy groups -OCH3 is 2. The van der Waals surface area contributed by atoms with Gasteiger partial charge < -0.3 is 24.4 Å². The Balaban J connectivity index is 1.53. The minimum absolute atomic E-state index is 0.0375. The van der Waals surface area contributed by atoms with Crippen LogP contribution in [0.3, 0.4) is 0 Å². The monoisotopic (exact) mass is 430 g/mol. The molecule has 0 bridgehead atoms. The first-order valence-corrected chi connectivity index (χ1v) is 10.6. The topological polar surface area (TPSA) is 74.6 Å². The van der Waals surface area contributed by atoms with E-state index >= 15 is 0 Å². The van der Waals surface area contributed by atoms with Gasteiger partial charge in [0.15, 0.2) is 11.5 Å². The highest BCUT2D eigenvalue weighted by molar-refractivity contribution is 5.43. The second kappa shape index (κ2) is 10.8. The Morgan fingerprint density at radius 1 is 1.03 bits per heavy atom. The summed E-state index contributed by atoms with van der Waals surface area (Å²) in [6, 6.07) is 13.9. The molecule has 0 amide bonds. The van der Waals surface area contributed by atoms with E-state index in [1.807, 2.05) is 37.4 Å². The fourth-order valence-electron chi connectivity index (χ4n) is 4.15. The molecule has 7 nitrogen and oxygen atoms in total. The van der Waals surface area contributed by atoms with Gasteiger partial charge in [0, 0.05) is 32.7 Å². The Morgan fingerprint density at radius 3 is 2.45 bits per heavy atom. The van der Waals surface area contributed by atoms with Crippen LogP contribution < -0.4 is 14.2 Å². The van der Waals surface area contributed by atoms with E-state index in [-0.39, 0.29) is 13.2 Å². The minimum atomic E-state index is -0.727. The van der Waals surface area contributed by atoms with Crippen LogP contribution in [0.5, 0.6) is 17.2 Å². The summed E-state index contributed by atoms with van der Waals surface area (Å²) in [5.74, 6) is 2.12. The van der Waals surface area contributed by atoms with Crippen LogP contribution in [-0.2, 0) is 13.1 Å². The van der Waals surface area contributed by atoms with Crippen molar-refractivity contribution in [2.75, 3.05) is 54.1 Å². The van der Waals surface area contributed by atoms with Gasteiger partial charge in [-0.05, 0) is 48.9 Å². The molecule has 1 fully saturated rings. The summed E-state index contributed by atoms with van der Waals surface area (Å²) in [5.41, 5.74) is 1.57. The number of rotatable bonds is 11. The van der Waals surface area contributed by atoms with Crippen LogP contribution in [0.15, 0.2) is 42.5 Å². The highest BCUT2D eigenvalue weighted by Gasteiger charge is 2.36. The number of β-amino-alcohol motifs (C(OH)–C–C–N with tert-alkyl or cyclic N) is 1. The van der Waals surface area contributed by atoms with Crippen molar-refractivity contribution in [3.05, 3.63) is 53.6 Å². The van der Waals surface area contributed by atoms with Crippen LogP contribution in [0.2, 0.25) is 0 Å². The molecule has 2 aromatic carbocycles. The molecule has 0 saturated carbocycles. The van der Waals surface area contributed by atoms with Crippen molar-refractivity contribution in [3.63, 3.8) is 0 Å². The molecule has 3 rings (SSSR count). The third-order valence-corrected chi connectivity index (χ3v) is 5.57. The average molecular weight is 431 g/mol. The SMILES string of the molecule is COc1ccc(CN(C)CC2(O)CCN(Cc3ccc(OCCO)c(OC)c3)C2)cc1. The first-order chi connectivity index (χ1) is 14.9. The van der Waals surface area contributed by atoms with Crippen LogP contribution in [0.25, 0.3) is 0 Å². The van der Waals surface area contributed by atoms with E-state index in [0.29, 0.717) is 24.6 Å². The molecule has 1 atom stereocenters. The molecular weight excluding hydrogens is 396 g/mol. The first kappa shape index (κ1) is 23.3. The lowest BCUT2D eigenvalue weighted by Crippen LogP contribution is -2.43. The molecule has 2 aromatic rings. The molecule has 170 valence electrons. The van der Waals surface area contributed by atoms with Crippen molar-refractivity contribution in [3.8, 4) is 17.2 Å². The van der Waals surface area contributed by atoms with Gasteiger partial charge in [-0.3, -0.25) is 9.80 Å². The van der Waals surface area contributed by atoms with Crippen molar-refractivity contribution < 1.29 is 24.4 Å². The van der Waals surface area contributed by atoms with Crippen molar-refractivity contribution in [2.45, 2.75) is 25.1 Å². The maximum Gasteiger partial charge on any atom is 0.161 e. The van der Waals surface area contributed by atoms with Crippen molar-refractivity contribution in [1.82, 2.24) is 9.80 Å². The van der Waals surface area contributed by atoms with Gasteiger partial charge in [0.25, 0.3) is 0 Å². The maximum absolute atomic E-state index is 11.1. The van der Waals surface area contributed by atoms with E-state index in [0.717, 1.165) is 37.4 Å². The molecule has 1 heterocycles. The summed E-state index contributed by atoms with van der Waals surface area (Å²) >= 11 is 0. The van der Waals surface area contributed by atoms with E-state index in [1.54, 1.807) is 14.2 Å². The van der Waals surface area contributed by atoms with Crippen molar-refractivity contribution in [2.24, 2.45) is 0 Å². The molecule has 0 aliphatic carbocycles. The fourth-order valence-corrected chi connectivity index (χ4v) is 4.15. The van der Waals surface area contributed by atoms with Gasteiger partial charge in [-0.1, -0.05) is 18.2 Å². The number of likely N-dealkylation sites (tertiary alicyclic amines) is 1. The van der Waals surface area contributed by atoms with E-state index in [1.165, 1.54) is 5.56 Å². The molecule has 31 heavy (non-hydrogen) atoms. The number of aliphatic hydroxyl groups is 2. The lowest BCUT2D eigenvalue weighted by atomic mass is 10.0. The zero-order valence-electron chi connectivity index (χ0n) is 18.7. The Morgan fingerprint density at radius 2 is 1.77 bits per heavy atom. The Bertz CT molecular complexity index is 829. The molecule has 1 aliphatic rings. The number of hydrogen-bond donors (Lipinski definition) is 2. The van der Waals surface area contributed by atoms with Gasteiger partial charge in [-0.15, -0.1) is 0 Å². The summed E-state index contributed by atoms with van der Waals surface area (Å²) in [6.07, 6.45) is 0.745. The predicted molar refractivity (Wildman–Crippen MR) is 120 cm³/mol. The van der Waals surface area contributed by atoms with E-state index in [2.05, 4.69) is 21.9 Å². The second-order valence-electron chi connectivity index (χ2n) is 8.26. The zero-order valence-corrected chi connectivity index (χ0v) is 18.7. The maximum atomic E-state index is 11.1. The summed E-state index contributed by atoms with van der Waals surface area (Å²) in [5, 5.41) is 20.1. The number of aliphatic hydroxyl groups excluding tert-OH is 1. The van der Waals surface area contributed by atoms with Crippen LogP contribution in [0.4, 0.5) is 0 Å². The van der Waals surface area contributed by atoms with Gasteiger partial charge in [0.1, 0.15) is 12.4 Å². The van der Waals surface area contributed by atoms with Crippen LogP contribution in [0, 0.1) is 0 Å². The Kier molecular flexibility index (Phi) is 8.15. The van der Waals surface area contributed by atoms with Crippen LogP contribution in [-0.4, -0.2) is 79.7 Å². The zero-order chi connectivity index (χ0) is 22.3. The van der Waals surface area contributed by atoms with Gasteiger partial charge in [-0.2, -0.15) is 0 Å². The smallest absolute Gasteiger partial charge is 0.161 e. The number of likely N-dealkylation sites (N-methyl/N-ethyl adjacent to an activating group) is 1. The average Bonchev–Trinajstić information content (AvgIpc) is 3.12. The number of benzene rings is 2. The lowest BCUT2D eigenvalue weighted by molar-refractivity contribution is 0.0162. The lowest BCUT2D eigenvalue weighted by Gasteiger charge is -2.29. The Hall–Kier alpha value is -2.32. The number of ether oxygens (including phenoxy) is 3. The predicted octanol–water partition coefficient (Wildman–Crippen LogP) is 2.14. The minimum Gasteiger partial charge on any atom is -0.497 e. The summed E-state index contributed by atoms with van der Waals surface area (Å²) in [6.45, 7) is 3.80. The van der Waals surface area contributed by atoms with Crippen LogP contribution in [0.1, 0.15) is 17.5 Å². The fraction of sp³-hybridized carbons (Fsp3) is 0.500. The molecule has 0 spiro atoms. The molecule has 0 aromatic heterocycles. The highest BCUT2D eigenvalue weighted by atomic mass is 16.5. The molecule has 1 saturated heterocycles. The number of hydrogen-bond acceptors (Lipinski definition) is 7. The number of nitrogens with zero attached hydrogens (tertiary/aromatic N) is 2. The van der Waals surface area contributed by atoms with Gasteiger partial charge >= 0.3 is 0 Å². The molecule has 1 unspecified atom stereocenters. The quantitative estimate of drug-likeness (QED) is 0.566. The molecule has 1 aliphatic heterocycles. The normalized spacial score (nSPS) is 19.0. The molecule has 0 radical (unpaired) electrons. The van der Waals surface area contributed by atoms with E-state index in [4.69, 9.17) is 19.3 Å². The molecule has 7 heteroatoms. The van der Waals surface area contributed by atoms with Gasteiger partial charge in [0.2, 0.25) is 0 Å². The molecular formula is C24H34N2O5. The summed E-state index contributed by atoms with van der Waals surface area (Å²) in [4.78, 5) is 4.44. The third-order valence-electron chi connectivity index (χ3n) is 5.57. The first-order valence-electron chi connectivity index (χ1n) is 10.6. The third kappa shape index (κ3) is 6.58.